The lowest BCUT2D eigenvalue weighted by Crippen LogP contribution is -2.36. The highest BCUT2D eigenvalue weighted by Crippen LogP contribution is 2.52. The lowest BCUT2D eigenvalue weighted by Gasteiger charge is -2.42. The Bertz CT molecular complexity index is 1290. The number of unbranched alkanes of at least 4 members (excludes halogenated alkanes) is 6. The van der Waals surface area contributed by atoms with Crippen LogP contribution in [0.25, 0.3) is 0 Å². The first-order valence-corrected chi connectivity index (χ1v) is 16.9. The molecule has 0 bridgehead atoms. The van der Waals surface area contributed by atoms with E-state index < -0.39 is 0 Å². The number of halogens is 2. The number of fused-ring (bicyclic) bond motifs is 2. The van der Waals surface area contributed by atoms with Crippen molar-refractivity contribution in [3.8, 4) is 0 Å². The fourth-order valence-corrected chi connectivity index (χ4v) is 7.32. The molecule has 2 heteroatoms. The molecule has 0 radical (unpaired) electrons. The van der Waals surface area contributed by atoms with E-state index in [4.69, 9.17) is 0 Å². The molecular weight excluding hydrogens is 616 g/mol. The van der Waals surface area contributed by atoms with Crippen LogP contribution in [0.5, 0.6) is 0 Å². The van der Waals surface area contributed by atoms with Crippen LogP contribution < -0.4 is 0 Å². The van der Waals surface area contributed by atoms with E-state index in [1.165, 1.54) is 95.9 Å². The molecule has 0 saturated heterocycles. The summed E-state index contributed by atoms with van der Waals surface area (Å²) in [6.07, 6.45) is 13.7. The van der Waals surface area contributed by atoms with Crippen molar-refractivity contribution in [2.75, 3.05) is 0 Å². The Morgan fingerprint density at radius 2 is 0.950 bits per heavy atom. The van der Waals surface area contributed by atoms with Gasteiger partial charge >= 0.3 is 0 Å². The van der Waals surface area contributed by atoms with Crippen molar-refractivity contribution >= 4 is 31.9 Å². The molecule has 0 atom stereocenters. The maximum Gasteiger partial charge on any atom is 0.0707 e. The van der Waals surface area contributed by atoms with E-state index in [2.05, 4.69) is 131 Å². The molecule has 0 unspecified atom stereocenters. The Morgan fingerprint density at radius 3 is 1.35 bits per heavy atom. The molecule has 40 heavy (non-hydrogen) atoms. The second kappa shape index (κ2) is 13.7. The summed E-state index contributed by atoms with van der Waals surface area (Å²) in [4.78, 5) is 0. The average molecular weight is 659 g/mol. The monoisotopic (exact) mass is 656 g/mol. The Labute approximate surface area is 258 Å². The minimum atomic E-state index is -0.377. The first-order valence-electron chi connectivity index (χ1n) is 15.3. The molecule has 5 rings (SSSR count). The molecule has 0 N–H and O–H groups in total. The number of hydrogen-bond acceptors (Lipinski definition) is 0. The predicted molar refractivity (Wildman–Crippen MR) is 179 cm³/mol. The van der Waals surface area contributed by atoms with Crippen LogP contribution in [0, 0.1) is 0 Å². The summed E-state index contributed by atoms with van der Waals surface area (Å²) in [7, 11) is 0. The molecule has 1 aliphatic carbocycles. The van der Waals surface area contributed by atoms with Gasteiger partial charge in [0.15, 0.2) is 0 Å². The van der Waals surface area contributed by atoms with Crippen molar-refractivity contribution in [2.45, 2.75) is 89.9 Å². The zero-order valence-electron chi connectivity index (χ0n) is 24.1. The smallest absolute Gasteiger partial charge is 0.0654 e. The van der Waals surface area contributed by atoms with E-state index in [0.29, 0.717) is 0 Å². The molecule has 208 valence electrons. The van der Waals surface area contributed by atoms with Gasteiger partial charge in [-0.1, -0.05) is 145 Å². The highest BCUT2D eigenvalue weighted by Gasteiger charge is 2.44. The summed E-state index contributed by atoms with van der Waals surface area (Å²) < 4.78 is 2.27. The number of benzene rings is 4. The minimum Gasteiger partial charge on any atom is -0.0654 e. The summed E-state index contributed by atoms with van der Waals surface area (Å²) in [5.74, 6) is 0. The van der Waals surface area contributed by atoms with E-state index in [-0.39, 0.29) is 5.41 Å². The largest absolute Gasteiger partial charge is 0.0707 e. The van der Waals surface area contributed by atoms with Gasteiger partial charge in [0.25, 0.3) is 0 Å². The summed E-state index contributed by atoms with van der Waals surface area (Å²) >= 11 is 7.68. The number of aryl methyl sites for hydroxylation is 2. The van der Waals surface area contributed by atoms with E-state index in [1.807, 2.05) is 0 Å². The minimum absolute atomic E-state index is 0.377. The maximum absolute atomic E-state index is 3.84. The molecule has 4 aromatic rings. The van der Waals surface area contributed by atoms with Gasteiger partial charge in [-0.2, -0.15) is 0 Å². The SMILES string of the molecule is CCCCCCc1ccc(C2(c3ccc(CCCCCC)cc3)c3cc(Br)ccc3Cc3ccc(Br)cc32)cc1. The molecule has 0 aromatic heterocycles. The normalized spacial score (nSPS) is 13.6. The van der Waals surface area contributed by atoms with Gasteiger partial charge in [-0.3, -0.25) is 0 Å². The van der Waals surface area contributed by atoms with Crippen LogP contribution in [0.2, 0.25) is 0 Å². The van der Waals surface area contributed by atoms with Gasteiger partial charge < -0.3 is 0 Å². The second-order valence-electron chi connectivity index (χ2n) is 11.5. The van der Waals surface area contributed by atoms with Crippen molar-refractivity contribution < 1.29 is 0 Å². The van der Waals surface area contributed by atoms with Crippen LogP contribution in [0.4, 0.5) is 0 Å². The van der Waals surface area contributed by atoms with Crippen molar-refractivity contribution in [2.24, 2.45) is 0 Å². The summed E-state index contributed by atoms with van der Waals surface area (Å²) in [5, 5.41) is 0. The third kappa shape index (κ3) is 6.19. The van der Waals surface area contributed by atoms with E-state index in [9.17, 15) is 0 Å². The van der Waals surface area contributed by atoms with Crippen molar-refractivity contribution in [1.82, 2.24) is 0 Å². The van der Waals surface area contributed by atoms with E-state index >= 15 is 0 Å². The van der Waals surface area contributed by atoms with Gasteiger partial charge in [0.05, 0.1) is 5.41 Å². The lowest BCUT2D eigenvalue weighted by atomic mass is 9.59. The zero-order chi connectivity index (χ0) is 28.0. The van der Waals surface area contributed by atoms with Gasteiger partial charge in [-0.25, -0.2) is 0 Å². The molecule has 0 spiro atoms. The summed E-state index contributed by atoms with van der Waals surface area (Å²) in [5.41, 5.74) is 10.8. The molecule has 4 aromatic carbocycles. The highest BCUT2D eigenvalue weighted by molar-refractivity contribution is 9.10. The van der Waals surface area contributed by atoms with E-state index in [1.54, 1.807) is 0 Å². The Kier molecular flexibility index (Phi) is 10.0. The summed E-state index contributed by atoms with van der Waals surface area (Å²) in [6, 6.07) is 33.0. The molecule has 0 fully saturated rings. The van der Waals surface area contributed by atoms with Crippen LogP contribution in [-0.2, 0) is 24.7 Å². The van der Waals surface area contributed by atoms with Crippen LogP contribution in [0.1, 0.15) is 110 Å². The molecule has 1 aliphatic rings. The third-order valence-corrected chi connectivity index (χ3v) is 9.73. The van der Waals surface area contributed by atoms with Crippen molar-refractivity contribution in [1.29, 1.82) is 0 Å². The Morgan fingerprint density at radius 1 is 0.525 bits per heavy atom. The van der Waals surface area contributed by atoms with Gasteiger partial charge in [-0.05, 0) is 101 Å². The topological polar surface area (TPSA) is 0 Å². The number of rotatable bonds is 12. The quantitative estimate of drug-likeness (QED) is 0.117. The first kappa shape index (κ1) is 29.3. The lowest BCUT2D eigenvalue weighted by molar-refractivity contribution is 0.664. The van der Waals surface area contributed by atoms with Gasteiger partial charge in [0.1, 0.15) is 0 Å². The summed E-state index contributed by atoms with van der Waals surface area (Å²) in [6.45, 7) is 4.56. The molecular formula is C38H42Br2. The average Bonchev–Trinajstić information content (AvgIpc) is 2.98. The standard InChI is InChI=1S/C38H42Br2/c1-3-5-7-9-11-28-13-19-32(20-14-28)38(33-21-15-29(16-22-33)12-10-8-6-4-2)36-26-34(39)23-17-30(36)25-31-18-24-35(40)27-37(31)38/h13-24,26-27H,3-12,25H2,1-2H3. The zero-order valence-corrected chi connectivity index (χ0v) is 27.3. The van der Waals surface area contributed by atoms with Crippen molar-refractivity contribution in [3.63, 3.8) is 0 Å². The molecule has 0 aliphatic heterocycles. The molecule has 0 heterocycles. The number of hydrogen-bond donors (Lipinski definition) is 0. The van der Waals surface area contributed by atoms with Gasteiger partial charge in [0, 0.05) is 8.95 Å². The van der Waals surface area contributed by atoms with Gasteiger partial charge in [0.2, 0.25) is 0 Å². The molecule has 0 nitrogen and oxygen atoms in total. The maximum atomic E-state index is 3.84. The van der Waals surface area contributed by atoms with Crippen LogP contribution in [0.15, 0.2) is 93.9 Å². The van der Waals surface area contributed by atoms with Gasteiger partial charge in [-0.15, -0.1) is 0 Å². The van der Waals surface area contributed by atoms with Crippen LogP contribution >= 0.6 is 31.9 Å². The van der Waals surface area contributed by atoms with Crippen LogP contribution in [0.3, 0.4) is 0 Å². The van der Waals surface area contributed by atoms with Crippen LogP contribution in [-0.4, -0.2) is 0 Å². The van der Waals surface area contributed by atoms with Crippen molar-refractivity contribution in [3.05, 3.63) is 138 Å². The highest BCUT2D eigenvalue weighted by atomic mass is 79.9. The fourth-order valence-electron chi connectivity index (χ4n) is 6.60. The second-order valence-corrected chi connectivity index (χ2v) is 13.4. The predicted octanol–water partition coefficient (Wildman–Crippen LogP) is 11.7. The fraction of sp³-hybridized carbons (Fsp3) is 0.368. The Hall–Kier alpha value is -2.16. The van der Waals surface area contributed by atoms with E-state index in [0.717, 1.165) is 28.2 Å². The Balaban J connectivity index is 1.64. The molecule has 0 saturated carbocycles. The first-order chi connectivity index (χ1) is 19.6. The molecule has 0 amide bonds. The third-order valence-electron chi connectivity index (χ3n) is 8.74.